The Balaban J connectivity index is 1.48. The molecule has 7 heteroatoms. The average Bonchev–Trinajstić information content (AvgIpc) is 3.26. The zero-order valence-electron chi connectivity index (χ0n) is 15.5. The maximum Gasteiger partial charge on any atom is 0.182 e. The number of hydrogen-bond acceptors (Lipinski definition) is 4. The Hall–Kier alpha value is -3.25. The summed E-state index contributed by atoms with van der Waals surface area (Å²) in [6, 6.07) is 16.2. The van der Waals surface area contributed by atoms with Crippen molar-refractivity contribution >= 4 is 28.2 Å². The van der Waals surface area contributed by atoms with Crippen LogP contribution in [0.4, 0.5) is 0 Å². The summed E-state index contributed by atoms with van der Waals surface area (Å²) in [6.45, 7) is 4.57. The van der Waals surface area contributed by atoms with Crippen LogP contribution in [0, 0.1) is 13.8 Å². The highest BCUT2D eigenvalue weighted by molar-refractivity contribution is 6.31. The number of benzene rings is 2. The Morgan fingerprint density at radius 3 is 2.50 bits per heavy atom. The Labute approximate surface area is 166 Å². The number of halogens is 1. The van der Waals surface area contributed by atoms with Gasteiger partial charge in [0.25, 0.3) is 0 Å². The lowest BCUT2D eigenvalue weighted by Gasteiger charge is -2.05. The van der Waals surface area contributed by atoms with Gasteiger partial charge in [-0.25, -0.2) is 14.5 Å². The van der Waals surface area contributed by atoms with Gasteiger partial charge in [-0.2, -0.15) is 5.10 Å². The lowest BCUT2D eigenvalue weighted by atomic mass is 10.1. The van der Waals surface area contributed by atoms with Crippen molar-refractivity contribution in [1.29, 1.82) is 0 Å². The Kier molecular flexibility index (Phi) is 3.87. The molecule has 0 aliphatic carbocycles. The van der Waals surface area contributed by atoms with Crippen LogP contribution in [0.15, 0.2) is 54.9 Å². The first-order chi connectivity index (χ1) is 13.6. The highest BCUT2D eigenvalue weighted by Gasteiger charge is 2.11. The molecule has 0 aliphatic rings. The third kappa shape index (κ3) is 2.73. The van der Waals surface area contributed by atoms with Crippen molar-refractivity contribution in [2.75, 3.05) is 0 Å². The normalized spacial score (nSPS) is 11.5. The molecule has 0 bridgehead atoms. The van der Waals surface area contributed by atoms with Crippen molar-refractivity contribution in [3.63, 3.8) is 0 Å². The monoisotopic (exact) mass is 388 g/mol. The molecular formula is C21H17ClN6. The van der Waals surface area contributed by atoms with Gasteiger partial charge in [0.05, 0.1) is 28.5 Å². The minimum atomic E-state index is 0.673. The molecule has 0 saturated heterocycles. The van der Waals surface area contributed by atoms with Gasteiger partial charge in [0.1, 0.15) is 6.33 Å². The zero-order valence-corrected chi connectivity index (χ0v) is 16.2. The molecule has 0 fully saturated rings. The van der Waals surface area contributed by atoms with Crippen molar-refractivity contribution in [3.05, 3.63) is 76.8 Å². The third-order valence-corrected chi connectivity index (χ3v) is 5.47. The van der Waals surface area contributed by atoms with Gasteiger partial charge in [-0.1, -0.05) is 48.0 Å². The maximum atomic E-state index is 6.24. The molecule has 3 heterocycles. The third-order valence-electron chi connectivity index (χ3n) is 4.92. The summed E-state index contributed by atoms with van der Waals surface area (Å²) in [5, 5.41) is 10.8. The predicted molar refractivity (Wildman–Crippen MR) is 110 cm³/mol. The van der Waals surface area contributed by atoms with Gasteiger partial charge in [-0.05, 0) is 31.5 Å². The van der Waals surface area contributed by atoms with E-state index in [0.29, 0.717) is 12.4 Å². The summed E-state index contributed by atoms with van der Waals surface area (Å²) in [5.74, 6) is 0.680. The molecule has 0 radical (unpaired) electrons. The second-order valence-corrected chi connectivity index (χ2v) is 7.18. The number of para-hydroxylation sites is 1. The average molecular weight is 389 g/mol. The molecule has 6 nitrogen and oxygen atoms in total. The summed E-state index contributed by atoms with van der Waals surface area (Å²) in [7, 11) is 0. The fraction of sp³-hybridized carbons (Fsp3) is 0.143. The molecule has 28 heavy (non-hydrogen) atoms. The quantitative estimate of drug-likeness (QED) is 0.458. The second kappa shape index (κ2) is 6.42. The molecule has 2 aromatic carbocycles. The van der Waals surface area contributed by atoms with Crippen molar-refractivity contribution in [2.45, 2.75) is 20.4 Å². The molecule has 3 aromatic heterocycles. The van der Waals surface area contributed by atoms with E-state index in [2.05, 4.69) is 27.3 Å². The van der Waals surface area contributed by atoms with Crippen LogP contribution in [0.25, 0.3) is 27.9 Å². The summed E-state index contributed by atoms with van der Waals surface area (Å²) in [5.41, 5.74) is 5.65. The second-order valence-electron chi connectivity index (χ2n) is 6.80. The summed E-state index contributed by atoms with van der Waals surface area (Å²) in [6.07, 6.45) is 1.70. The molecule has 0 unspecified atom stereocenters. The van der Waals surface area contributed by atoms with E-state index < -0.39 is 0 Å². The summed E-state index contributed by atoms with van der Waals surface area (Å²) >= 11 is 6.24. The first-order valence-corrected chi connectivity index (χ1v) is 9.37. The highest BCUT2D eigenvalue weighted by atomic mass is 35.5. The summed E-state index contributed by atoms with van der Waals surface area (Å²) in [4.78, 5) is 9.17. The molecular weight excluding hydrogens is 372 g/mol. The van der Waals surface area contributed by atoms with Crippen LogP contribution in [0.1, 0.15) is 17.0 Å². The van der Waals surface area contributed by atoms with Crippen LogP contribution >= 0.6 is 11.6 Å². The smallest absolute Gasteiger partial charge is 0.182 e. The first-order valence-electron chi connectivity index (χ1n) is 8.99. The van der Waals surface area contributed by atoms with Crippen LogP contribution in [0.3, 0.4) is 0 Å². The Morgan fingerprint density at radius 1 is 0.964 bits per heavy atom. The predicted octanol–water partition coefficient (Wildman–Crippen LogP) is 4.46. The Bertz CT molecular complexity index is 1320. The van der Waals surface area contributed by atoms with Crippen LogP contribution in [-0.2, 0) is 6.54 Å². The summed E-state index contributed by atoms with van der Waals surface area (Å²) < 4.78 is 3.65. The van der Waals surface area contributed by atoms with E-state index in [1.165, 1.54) is 0 Å². The van der Waals surface area contributed by atoms with Gasteiger partial charge in [0.2, 0.25) is 0 Å². The number of fused-ring (bicyclic) bond motifs is 3. The van der Waals surface area contributed by atoms with E-state index in [9.17, 15) is 0 Å². The van der Waals surface area contributed by atoms with Crippen LogP contribution < -0.4 is 0 Å². The van der Waals surface area contributed by atoms with Gasteiger partial charge >= 0.3 is 0 Å². The minimum absolute atomic E-state index is 0.673. The zero-order chi connectivity index (χ0) is 19.3. The molecule has 5 aromatic rings. The SMILES string of the molecule is Cc1nn(Cc2ccc(-c3nc4c5ccccc5ncn4n3)cc2)c(C)c1Cl. The molecule has 0 atom stereocenters. The Morgan fingerprint density at radius 2 is 1.75 bits per heavy atom. The van der Waals surface area contributed by atoms with Gasteiger partial charge < -0.3 is 0 Å². The maximum absolute atomic E-state index is 6.24. The molecule has 0 amide bonds. The van der Waals surface area contributed by atoms with Crippen LogP contribution in [0.5, 0.6) is 0 Å². The lowest BCUT2D eigenvalue weighted by molar-refractivity contribution is 0.659. The fourth-order valence-electron chi connectivity index (χ4n) is 3.36. The first kappa shape index (κ1) is 16.9. The van der Waals surface area contributed by atoms with Gasteiger partial charge in [-0.15, -0.1) is 5.10 Å². The molecule has 138 valence electrons. The number of aromatic nitrogens is 6. The molecule has 5 rings (SSSR count). The number of hydrogen-bond donors (Lipinski definition) is 0. The number of nitrogens with zero attached hydrogens (tertiary/aromatic N) is 6. The van der Waals surface area contributed by atoms with E-state index >= 15 is 0 Å². The number of rotatable bonds is 3. The van der Waals surface area contributed by atoms with E-state index in [4.69, 9.17) is 16.6 Å². The highest BCUT2D eigenvalue weighted by Crippen LogP contribution is 2.23. The fourth-order valence-corrected chi connectivity index (χ4v) is 3.50. The van der Waals surface area contributed by atoms with Crippen molar-refractivity contribution in [1.82, 2.24) is 29.4 Å². The van der Waals surface area contributed by atoms with E-state index in [1.807, 2.05) is 54.9 Å². The molecule has 0 N–H and O–H groups in total. The minimum Gasteiger partial charge on any atom is -0.264 e. The van der Waals surface area contributed by atoms with Crippen molar-refractivity contribution in [2.24, 2.45) is 0 Å². The van der Waals surface area contributed by atoms with Gasteiger partial charge in [0.15, 0.2) is 11.5 Å². The standard InChI is InChI=1S/C21H17ClN6/c1-13-19(22)14(2)27(25-13)11-15-7-9-16(10-8-15)20-24-21-17-5-3-4-6-18(17)23-12-28(21)26-20/h3-10,12H,11H2,1-2H3. The molecule has 0 spiro atoms. The van der Waals surface area contributed by atoms with Crippen LogP contribution in [-0.4, -0.2) is 29.4 Å². The molecule has 0 saturated carbocycles. The van der Waals surface area contributed by atoms with E-state index in [0.717, 1.165) is 44.1 Å². The topological polar surface area (TPSA) is 60.9 Å². The van der Waals surface area contributed by atoms with E-state index in [1.54, 1.807) is 10.8 Å². The van der Waals surface area contributed by atoms with Crippen molar-refractivity contribution in [3.8, 4) is 11.4 Å². The lowest BCUT2D eigenvalue weighted by Crippen LogP contribution is -2.03. The van der Waals surface area contributed by atoms with E-state index in [-0.39, 0.29) is 0 Å². The largest absolute Gasteiger partial charge is 0.264 e. The van der Waals surface area contributed by atoms with Gasteiger partial charge in [0, 0.05) is 10.9 Å². The van der Waals surface area contributed by atoms with Gasteiger partial charge in [-0.3, -0.25) is 4.68 Å². The van der Waals surface area contributed by atoms with Crippen molar-refractivity contribution < 1.29 is 0 Å². The molecule has 0 aliphatic heterocycles. The number of aryl methyl sites for hydroxylation is 1. The van der Waals surface area contributed by atoms with Crippen LogP contribution in [0.2, 0.25) is 5.02 Å².